The number of benzene rings is 1. The topological polar surface area (TPSA) is 46.6 Å². The lowest BCUT2D eigenvalue weighted by atomic mass is 9.81. The maximum Gasteiger partial charge on any atom is 0.325 e. The highest BCUT2D eigenvalue weighted by atomic mass is 19.1. The Hall–Kier alpha value is -1.85. The predicted octanol–water partition coefficient (Wildman–Crippen LogP) is 0.280. The molecule has 0 N–H and O–H groups in total. The smallest absolute Gasteiger partial charge is 0.325 e. The minimum absolute atomic E-state index is 0.0595. The van der Waals surface area contributed by atoms with Crippen molar-refractivity contribution in [3.8, 4) is 0 Å². The third-order valence-electron chi connectivity index (χ3n) is 4.11. The molecule has 2 radical (unpaired) electrons. The highest BCUT2D eigenvalue weighted by Gasteiger charge is 2.53. The number of carbonyl (C=O) groups excluding carboxylic acids is 2. The zero-order chi connectivity index (χ0) is 14.5. The summed E-state index contributed by atoms with van der Waals surface area (Å²) in [6.07, 6.45) is 1.59. The second-order valence-corrected chi connectivity index (χ2v) is 5.41. The summed E-state index contributed by atoms with van der Waals surface area (Å²) in [6, 6.07) is 2.93. The summed E-state index contributed by atoms with van der Waals surface area (Å²) in [5, 5.41) is 0. The van der Waals surface area contributed by atoms with Gasteiger partial charge in [0.05, 0.1) is 7.11 Å². The van der Waals surface area contributed by atoms with Gasteiger partial charge < -0.3 is 9.64 Å². The molecule has 2 aliphatic rings. The normalized spacial score (nSPS) is 18.9. The number of methoxy groups -OCH3 is 1. The molecule has 1 aromatic carbocycles. The summed E-state index contributed by atoms with van der Waals surface area (Å²) < 4.78 is 18.9. The molecule has 1 spiro atoms. The summed E-state index contributed by atoms with van der Waals surface area (Å²) in [6.45, 7) is 0.233. The van der Waals surface area contributed by atoms with Crippen LogP contribution in [0.4, 0.5) is 4.39 Å². The van der Waals surface area contributed by atoms with E-state index in [-0.39, 0.29) is 23.3 Å². The Morgan fingerprint density at radius 2 is 2.20 bits per heavy atom. The predicted molar refractivity (Wildman–Crippen MR) is 70.6 cm³/mol. The molecule has 3 rings (SSSR count). The zero-order valence-corrected chi connectivity index (χ0v) is 11.1. The average molecular weight is 273 g/mol. The molecule has 1 amide bonds. The van der Waals surface area contributed by atoms with Crippen molar-refractivity contribution in [2.75, 3.05) is 20.2 Å². The van der Waals surface area contributed by atoms with Crippen LogP contribution in [-0.2, 0) is 14.9 Å². The van der Waals surface area contributed by atoms with Crippen LogP contribution in [0, 0.1) is 5.82 Å². The van der Waals surface area contributed by atoms with Gasteiger partial charge in [0.2, 0.25) is 0 Å². The van der Waals surface area contributed by atoms with Gasteiger partial charge in [0.15, 0.2) is 0 Å². The maximum absolute atomic E-state index is 14.3. The molecule has 1 aliphatic heterocycles. The molecular formula is C14H13BFNO3. The average Bonchev–Trinajstić information content (AvgIpc) is 3.19. The molecule has 20 heavy (non-hydrogen) atoms. The van der Waals surface area contributed by atoms with Crippen LogP contribution in [0.1, 0.15) is 28.8 Å². The van der Waals surface area contributed by atoms with Crippen molar-refractivity contribution in [1.29, 1.82) is 0 Å². The molecule has 1 aromatic rings. The van der Waals surface area contributed by atoms with Crippen LogP contribution in [0.5, 0.6) is 0 Å². The third-order valence-corrected chi connectivity index (χ3v) is 4.11. The van der Waals surface area contributed by atoms with E-state index in [1.807, 2.05) is 0 Å². The van der Waals surface area contributed by atoms with E-state index in [4.69, 9.17) is 7.85 Å². The lowest BCUT2D eigenvalue weighted by molar-refractivity contribution is -0.141. The number of hydrogen-bond donors (Lipinski definition) is 0. The number of esters is 1. The van der Waals surface area contributed by atoms with Crippen LogP contribution < -0.4 is 5.46 Å². The minimum Gasteiger partial charge on any atom is -0.468 e. The van der Waals surface area contributed by atoms with E-state index in [2.05, 4.69) is 4.74 Å². The summed E-state index contributed by atoms with van der Waals surface area (Å²) in [5.74, 6) is -1.32. The number of carbonyl (C=O) groups is 2. The van der Waals surface area contributed by atoms with Gasteiger partial charge in [-0.25, -0.2) is 4.39 Å². The first-order chi connectivity index (χ1) is 9.48. The van der Waals surface area contributed by atoms with Gasteiger partial charge in [-0.05, 0) is 18.9 Å². The Morgan fingerprint density at radius 1 is 1.50 bits per heavy atom. The van der Waals surface area contributed by atoms with Crippen molar-refractivity contribution in [2.24, 2.45) is 0 Å². The first-order valence-corrected chi connectivity index (χ1v) is 6.43. The molecule has 0 aromatic heterocycles. The number of halogens is 1. The van der Waals surface area contributed by atoms with E-state index < -0.39 is 11.8 Å². The first-order valence-electron chi connectivity index (χ1n) is 6.43. The van der Waals surface area contributed by atoms with Crippen LogP contribution in [-0.4, -0.2) is 44.8 Å². The zero-order valence-electron chi connectivity index (χ0n) is 11.1. The Balaban J connectivity index is 2.04. The van der Waals surface area contributed by atoms with E-state index in [1.54, 1.807) is 6.07 Å². The summed E-state index contributed by atoms with van der Waals surface area (Å²) >= 11 is 0. The standard InChI is InChI=1S/C14H13BFNO3/c1-20-10(18)6-17-7-14(4-5-14)11-8(13(17)19)2-3-9(15)12(11)16/h2-3H,4-7H2,1H3. The largest absolute Gasteiger partial charge is 0.468 e. The van der Waals surface area contributed by atoms with Gasteiger partial charge in [-0.1, -0.05) is 11.5 Å². The van der Waals surface area contributed by atoms with Gasteiger partial charge in [0, 0.05) is 23.1 Å². The second-order valence-electron chi connectivity index (χ2n) is 5.41. The lowest BCUT2D eigenvalue weighted by Gasteiger charge is -2.34. The van der Waals surface area contributed by atoms with Gasteiger partial charge >= 0.3 is 5.97 Å². The van der Waals surface area contributed by atoms with E-state index in [1.165, 1.54) is 18.1 Å². The molecule has 0 atom stereocenters. The summed E-state index contributed by atoms with van der Waals surface area (Å²) in [5.41, 5.74) is 0.411. The number of amides is 1. The summed E-state index contributed by atoms with van der Waals surface area (Å²) in [4.78, 5) is 25.2. The van der Waals surface area contributed by atoms with Crippen molar-refractivity contribution >= 4 is 25.2 Å². The number of rotatable bonds is 2. The Labute approximate surface area is 117 Å². The molecule has 1 fully saturated rings. The van der Waals surface area contributed by atoms with E-state index >= 15 is 0 Å². The van der Waals surface area contributed by atoms with Crippen LogP contribution in [0.2, 0.25) is 0 Å². The molecule has 0 unspecified atom stereocenters. The second kappa shape index (κ2) is 4.33. The molecule has 0 saturated heterocycles. The van der Waals surface area contributed by atoms with Crippen molar-refractivity contribution in [3.05, 3.63) is 29.1 Å². The van der Waals surface area contributed by atoms with Gasteiger partial charge in [-0.3, -0.25) is 9.59 Å². The fraction of sp³-hybridized carbons (Fsp3) is 0.429. The fourth-order valence-electron chi connectivity index (χ4n) is 2.88. The summed E-state index contributed by atoms with van der Waals surface area (Å²) in [7, 11) is 6.88. The maximum atomic E-state index is 14.3. The van der Waals surface area contributed by atoms with Crippen molar-refractivity contribution in [1.82, 2.24) is 4.90 Å². The van der Waals surface area contributed by atoms with Gasteiger partial charge in [-0.2, -0.15) is 0 Å². The van der Waals surface area contributed by atoms with Gasteiger partial charge in [0.1, 0.15) is 20.2 Å². The monoisotopic (exact) mass is 273 g/mol. The first kappa shape index (κ1) is 13.2. The van der Waals surface area contributed by atoms with Crippen LogP contribution in [0.25, 0.3) is 0 Å². The van der Waals surface area contributed by atoms with Crippen LogP contribution in [0.15, 0.2) is 12.1 Å². The molecule has 6 heteroatoms. The highest BCUT2D eigenvalue weighted by molar-refractivity contribution is 6.32. The molecule has 0 bridgehead atoms. The molecule has 102 valence electrons. The third kappa shape index (κ3) is 1.82. The minimum atomic E-state index is -0.494. The van der Waals surface area contributed by atoms with Crippen LogP contribution in [0.3, 0.4) is 0 Å². The molecule has 1 saturated carbocycles. The fourth-order valence-corrected chi connectivity index (χ4v) is 2.88. The number of hydrogen-bond acceptors (Lipinski definition) is 3. The Morgan fingerprint density at radius 3 is 2.80 bits per heavy atom. The van der Waals surface area contributed by atoms with E-state index in [9.17, 15) is 14.0 Å². The molecular weight excluding hydrogens is 260 g/mol. The number of fused-ring (bicyclic) bond motifs is 2. The van der Waals surface area contributed by atoms with Crippen LogP contribution >= 0.6 is 0 Å². The van der Waals surface area contributed by atoms with E-state index in [0.717, 1.165) is 12.8 Å². The highest BCUT2D eigenvalue weighted by Crippen LogP contribution is 2.52. The van der Waals surface area contributed by atoms with Crippen molar-refractivity contribution < 1.29 is 18.7 Å². The molecule has 1 aliphatic carbocycles. The SMILES string of the molecule is [B]c1ccc2c(c1F)C1(CC1)CN(CC(=O)OC)C2=O. The Kier molecular flexibility index (Phi) is 2.85. The Bertz CT molecular complexity index is 613. The van der Waals surface area contributed by atoms with E-state index in [0.29, 0.717) is 17.7 Å². The number of nitrogens with zero attached hydrogens (tertiary/aromatic N) is 1. The van der Waals surface area contributed by atoms with Crippen molar-refractivity contribution in [2.45, 2.75) is 18.3 Å². The van der Waals surface area contributed by atoms with Gasteiger partial charge in [0.25, 0.3) is 5.91 Å². The van der Waals surface area contributed by atoms with Gasteiger partial charge in [-0.15, -0.1) is 0 Å². The molecule has 4 nitrogen and oxygen atoms in total. The quantitative estimate of drug-likeness (QED) is 0.574. The van der Waals surface area contributed by atoms with Crippen molar-refractivity contribution in [3.63, 3.8) is 0 Å². The molecule has 1 heterocycles. The number of ether oxygens (including phenoxy) is 1. The lowest BCUT2D eigenvalue weighted by Crippen LogP contribution is -2.47.